The predicted molar refractivity (Wildman–Crippen MR) is 67.7 cm³/mol. The number of hydrogen-bond acceptors (Lipinski definition) is 3. The van der Waals surface area contributed by atoms with E-state index < -0.39 is 0 Å². The molecule has 0 aromatic heterocycles. The Morgan fingerprint density at radius 2 is 2.12 bits per heavy atom. The highest BCUT2D eigenvalue weighted by Gasteiger charge is 2.17. The molecule has 0 spiro atoms. The molecule has 0 saturated carbocycles. The summed E-state index contributed by atoms with van der Waals surface area (Å²) in [6, 6.07) is 3.01. The van der Waals surface area contributed by atoms with Crippen LogP contribution in [-0.4, -0.2) is 32.8 Å². The zero-order valence-electron chi connectivity index (χ0n) is 9.80. The van der Waals surface area contributed by atoms with Crippen LogP contribution in [-0.2, 0) is 0 Å². The molecule has 1 N–H and O–H groups in total. The van der Waals surface area contributed by atoms with Gasteiger partial charge in [0.05, 0.1) is 17.3 Å². The zero-order chi connectivity index (χ0) is 12.3. The Morgan fingerprint density at radius 1 is 1.41 bits per heavy atom. The number of anilines is 1. The number of halogens is 2. The molecule has 94 valence electrons. The summed E-state index contributed by atoms with van der Waals surface area (Å²) in [5.74, 6) is 0.254. The fourth-order valence-electron chi connectivity index (χ4n) is 1.93. The predicted octanol–water partition coefficient (Wildman–Crippen LogP) is 2.29. The molecule has 0 aliphatic carbocycles. The first-order valence-electron chi connectivity index (χ1n) is 5.80. The molecule has 1 aliphatic rings. The normalized spacial score (nSPS) is 16.1. The van der Waals surface area contributed by atoms with E-state index in [-0.39, 0.29) is 5.82 Å². The third-order valence-electron chi connectivity index (χ3n) is 2.76. The number of benzene rings is 1. The van der Waals surface area contributed by atoms with Crippen LogP contribution >= 0.6 is 11.6 Å². The lowest BCUT2D eigenvalue weighted by Crippen LogP contribution is -2.43. The van der Waals surface area contributed by atoms with Crippen LogP contribution in [0.1, 0.15) is 6.92 Å². The van der Waals surface area contributed by atoms with Gasteiger partial charge >= 0.3 is 0 Å². The molecule has 0 radical (unpaired) electrons. The lowest BCUT2D eigenvalue weighted by Gasteiger charge is -2.30. The first-order chi connectivity index (χ1) is 8.22. The number of piperazine rings is 1. The minimum Gasteiger partial charge on any atom is -0.492 e. The van der Waals surface area contributed by atoms with Crippen LogP contribution in [0.25, 0.3) is 0 Å². The summed E-state index contributed by atoms with van der Waals surface area (Å²) >= 11 is 5.92. The van der Waals surface area contributed by atoms with Gasteiger partial charge in [-0.3, -0.25) is 0 Å². The van der Waals surface area contributed by atoms with Crippen molar-refractivity contribution in [2.45, 2.75) is 6.92 Å². The maximum Gasteiger partial charge on any atom is 0.148 e. The van der Waals surface area contributed by atoms with Gasteiger partial charge in [0.15, 0.2) is 0 Å². The Morgan fingerprint density at radius 3 is 2.76 bits per heavy atom. The second-order valence-corrected chi connectivity index (χ2v) is 4.31. The summed E-state index contributed by atoms with van der Waals surface area (Å²) in [5, 5.41) is 3.56. The molecule has 1 aliphatic heterocycles. The zero-order valence-corrected chi connectivity index (χ0v) is 10.6. The summed E-state index contributed by atoms with van der Waals surface area (Å²) in [6.45, 7) is 5.73. The third kappa shape index (κ3) is 2.82. The summed E-state index contributed by atoms with van der Waals surface area (Å²) in [4.78, 5) is 2.00. The standard InChI is InChI=1S/C12H16ClFN2O/c1-2-17-12-8-11(10(14)7-9(12)13)16-5-3-15-4-6-16/h7-8,15H,2-6H2,1H3. The van der Waals surface area contributed by atoms with Gasteiger partial charge in [-0.15, -0.1) is 0 Å². The summed E-state index contributed by atoms with van der Waals surface area (Å²) in [7, 11) is 0. The van der Waals surface area contributed by atoms with Gasteiger partial charge in [0.25, 0.3) is 0 Å². The molecule has 17 heavy (non-hydrogen) atoms. The highest BCUT2D eigenvalue weighted by Crippen LogP contribution is 2.32. The molecular weight excluding hydrogens is 243 g/mol. The topological polar surface area (TPSA) is 24.5 Å². The molecule has 0 atom stereocenters. The molecule has 1 heterocycles. The summed E-state index contributed by atoms with van der Waals surface area (Å²) in [5.41, 5.74) is 0.569. The lowest BCUT2D eigenvalue weighted by molar-refractivity contribution is 0.340. The van der Waals surface area contributed by atoms with Crippen molar-refractivity contribution in [2.75, 3.05) is 37.7 Å². The van der Waals surface area contributed by atoms with Gasteiger partial charge in [0.1, 0.15) is 11.6 Å². The molecule has 0 bridgehead atoms. The Hall–Kier alpha value is -1.00. The molecule has 0 unspecified atom stereocenters. The van der Waals surface area contributed by atoms with Crippen molar-refractivity contribution < 1.29 is 9.13 Å². The van der Waals surface area contributed by atoms with Crippen molar-refractivity contribution in [3.8, 4) is 5.75 Å². The Bertz CT molecular complexity index is 394. The molecule has 1 fully saturated rings. The molecule has 1 aromatic carbocycles. The van der Waals surface area contributed by atoms with Crippen LogP contribution in [0.3, 0.4) is 0 Å². The van der Waals surface area contributed by atoms with Gasteiger partial charge in [0, 0.05) is 32.2 Å². The van der Waals surface area contributed by atoms with E-state index >= 15 is 0 Å². The second kappa shape index (κ2) is 5.56. The molecule has 3 nitrogen and oxygen atoms in total. The van der Waals surface area contributed by atoms with Crippen LogP contribution < -0.4 is 15.0 Å². The molecule has 5 heteroatoms. The van der Waals surface area contributed by atoms with Crippen molar-refractivity contribution in [3.05, 3.63) is 23.0 Å². The van der Waals surface area contributed by atoms with Gasteiger partial charge < -0.3 is 15.0 Å². The van der Waals surface area contributed by atoms with Crippen LogP contribution in [0.4, 0.5) is 10.1 Å². The molecule has 0 amide bonds. The molecular formula is C12H16ClFN2O. The first-order valence-corrected chi connectivity index (χ1v) is 6.17. The quantitative estimate of drug-likeness (QED) is 0.900. The van der Waals surface area contributed by atoms with Crippen LogP contribution in [0.15, 0.2) is 12.1 Å². The van der Waals surface area contributed by atoms with E-state index in [0.717, 1.165) is 26.2 Å². The smallest absolute Gasteiger partial charge is 0.148 e. The van der Waals surface area contributed by atoms with E-state index in [0.29, 0.717) is 23.1 Å². The molecule has 1 saturated heterocycles. The minimum absolute atomic E-state index is 0.291. The highest BCUT2D eigenvalue weighted by molar-refractivity contribution is 6.32. The van der Waals surface area contributed by atoms with E-state index in [4.69, 9.17) is 16.3 Å². The number of ether oxygens (including phenoxy) is 1. The number of nitrogens with zero attached hydrogens (tertiary/aromatic N) is 1. The van der Waals surface area contributed by atoms with Gasteiger partial charge in [-0.25, -0.2) is 4.39 Å². The summed E-state index contributed by atoms with van der Waals surface area (Å²) in [6.07, 6.45) is 0. The largest absolute Gasteiger partial charge is 0.492 e. The number of rotatable bonds is 3. The lowest BCUT2D eigenvalue weighted by atomic mass is 10.2. The average Bonchev–Trinajstić information content (AvgIpc) is 2.34. The van der Waals surface area contributed by atoms with Crippen molar-refractivity contribution >= 4 is 17.3 Å². The maximum absolute atomic E-state index is 13.9. The Kier molecular flexibility index (Phi) is 4.07. The van der Waals surface area contributed by atoms with Gasteiger partial charge in [0.2, 0.25) is 0 Å². The minimum atomic E-state index is -0.291. The van der Waals surface area contributed by atoms with Crippen molar-refractivity contribution in [3.63, 3.8) is 0 Å². The molecule has 1 aromatic rings. The van der Waals surface area contributed by atoms with Crippen molar-refractivity contribution in [2.24, 2.45) is 0 Å². The second-order valence-electron chi connectivity index (χ2n) is 3.90. The monoisotopic (exact) mass is 258 g/mol. The van der Waals surface area contributed by atoms with Crippen LogP contribution in [0.5, 0.6) is 5.75 Å². The first kappa shape index (κ1) is 12.5. The SMILES string of the molecule is CCOc1cc(N2CCNCC2)c(F)cc1Cl. The van der Waals surface area contributed by atoms with Gasteiger partial charge in [-0.2, -0.15) is 0 Å². The van der Waals surface area contributed by atoms with E-state index in [1.54, 1.807) is 6.07 Å². The number of hydrogen-bond donors (Lipinski definition) is 1. The van der Waals surface area contributed by atoms with Crippen molar-refractivity contribution in [1.82, 2.24) is 5.32 Å². The third-order valence-corrected chi connectivity index (χ3v) is 3.05. The average molecular weight is 259 g/mol. The van der Waals surface area contributed by atoms with Gasteiger partial charge in [-0.05, 0) is 13.0 Å². The Labute approximate surface area is 106 Å². The van der Waals surface area contributed by atoms with E-state index in [2.05, 4.69) is 5.32 Å². The number of nitrogens with one attached hydrogen (secondary N) is 1. The van der Waals surface area contributed by atoms with Crippen LogP contribution in [0.2, 0.25) is 5.02 Å². The van der Waals surface area contributed by atoms with E-state index in [9.17, 15) is 4.39 Å². The van der Waals surface area contributed by atoms with E-state index in [1.807, 2.05) is 11.8 Å². The highest BCUT2D eigenvalue weighted by atomic mass is 35.5. The molecule has 2 rings (SSSR count). The fourth-order valence-corrected chi connectivity index (χ4v) is 2.14. The summed E-state index contributed by atoms with van der Waals surface area (Å²) < 4.78 is 19.2. The fraction of sp³-hybridized carbons (Fsp3) is 0.500. The van der Waals surface area contributed by atoms with Crippen molar-refractivity contribution in [1.29, 1.82) is 0 Å². The van der Waals surface area contributed by atoms with Gasteiger partial charge in [-0.1, -0.05) is 11.6 Å². The van der Waals surface area contributed by atoms with E-state index in [1.165, 1.54) is 6.07 Å². The van der Waals surface area contributed by atoms with Crippen LogP contribution in [0, 0.1) is 5.82 Å². The maximum atomic E-state index is 13.9. The Balaban J connectivity index is 2.28.